The molecular weight excluding hydrogens is 319 g/mol. The Morgan fingerprint density at radius 2 is 2.04 bits per heavy atom. The van der Waals surface area contributed by atoms with Crippen LogP contribution in [0.25, 0.3) is 10.9 Å². The van der Waals surface area contributed by atoms with E-state index < -0.39 is 0 Å². The molecule has 2 heterocycles. The fourth-order valence-electron chi connectivity index (χ4n) is 3.31. The predicted octanol–water partition coefficient (Wildman–Crippen LogP) is 2.87. The van der Waals surface area contributed by atoms with Crippen molar-refractivity contribution in [3.8, 4) is 0 Å². The number of nitrogens with one attached hydrogen (secondary N) is 2. The average Bonchev–Trinajstić information content (AvgIpc) is 2.98. The van der Waals surface area contributed by atoms with E-state index in [4.69, 9.17) is 0 Å². The third-order valence-corrected chi connectivity index (χ3v) is 4.77. The molecule has 2 N–H and O–H groups in total. The summed E-state index contributed by atoms with van der Waals surface area (Å²) in [7, 11) is 1.92. The number of H-pyrrole nitrogens is 1. The van der Waals surface area contributed by atoms with Crippen molar-refractivity contribution in [3.05, 3.63) is 52.2 Å². The maximum Gasteiger partial charge on any atom is 0.224 e. The van der Waals surface area contributed by atoms with Crippen molar-refractivity contribution < 1.29 is 9.18 Å². The number of aromatic amines is 1. The highest BCUT2D eigenvalue weighted by Gasteiger charge is 2.14. The molecule has 1 amide bonds. The Morgan fingerprint density at radius 1 is 1.28 bits per heavy atom. The number of rotatable bonds is 5. The summed E-state index contributed by atoms with van der Waals surface area (Å²) in [6, 6.07) is 4.59. The number of nitrogens with zero attached hydrogens (tertiary/aromatic N) is 2. The van der Waals surface area contributed by atoms with Gasteiger partial charge in [-0.3, -0.25) is 9.48 Å². The zero-order valence-corrected chi connectivity index (χ0v) is 15.0. The molecule has 3 aromatic rings. The van der Waals surface area contributed by atoms with Gasteiger partial charge >= 0.3 is 0 Å². The molecule has 0 unspecified atom stereocenters. The second kappa shape index (κ2) is 6.70. The number of amides is 1. The van der Waals surface area contributed by atoms with Gasteiger partial charge in [-0.05, 0) is 56.5 Å². The van der Waals surface area contributed by atoms with E-state index in [0.29, 0.717) is 6.54 Å². The van der Waals surface area contributed by atoms with Gasteiger partial charge in [0.2, 0.25) is 5.91 Å². The monoisotopic (exact) mass is 342 g/mol. The number of hydrogen-bond donors (Lipinski definition) is 2. The predicted molar refractivity (Wildman–Crippen MR) is 96.1 cm³/mol. The minimum atomic E-state index is -0.296. The van der Waals surface area contributed by atoms with E-state index >= 15 is 0 Å². The van der Waals surface area contributed by atoms with Gasteiger partial charge in [0.1, 0.15) is 5.82 Å². The van der Waals surface area contributed by atoms with Gasteiger partial charge in [-0.25, -0.2) is 4.39 Å². The Kier molecular flexibility index (Phi) is 4.61. The molecule has 0 radical (unpaired) electrons. The fraction of sp³-hybridized carbons (Fsp3) is 0.368. The van der Waals surface area contributed by atoms with Crippen LogP contribution in [0.5, 0.6) is 0 Å². The van der Waals surface area contributed by atoms with Gasteiger partial charge in [0.25, 0.3) is 0 Å². The number of aryl methyl sites for hydroxylation is 3. The molecule has 1 aromatic carbocycles. The first-order valence-electron chi connectivity index (χ1n) is 8.39. The van der Waals surface area contributed by atoms with Gasteiger partial charge in [-0.15, -0.1) is 0 Å². The number of aromatic nitrogens is 3. The van der Waals surface area contributed by atoms with Gasteiger partial charge in [0.05, 0.1) is 12.1 Å². The van der Waals surface area contributed by atoms with Crippen LogP contribution in [-0.4, -0.2) is 27.2 Å². The van der Waals surface area contributed by atoms with Crippen LogP contribution in [-0.2, 0) is 24.7 Å². The van der Waals surface area contributed by atoms with Crippen LogP contribution in [0.4, 0.5) is 4.39 Å². The minimum absolute atomic E-state index is 0.0625. The van der Waals surface area contributed by atoms with E-state index in [1.54, 1.807) is 6.07 Å². The molecule has 0 saturated heterocycles. The molecule has 132 valence electrons. The summed E-state index contributed by atoms with van der Waals surface area (Å²) < 4.78 is 15.4. The smallest absolute Gasteiger partial charge is 0.224 e. The van der Waals surface area contributed by atoms with Crippen molar-refractivity contribution in [2.45, 2.75) is 33.6 Å². The second-order valence-corrected chi connectivity index (χ2v) is 6.47. The lowest BCUT2D eigenvalue weighted by molar-refractivity contribution is -0.120. The number of carbonyl (C=O) groups excluding carboxylic acids is 1. The third-order valence-electron chi connectivity index (χ3n) is 4.77. The average molecular weight is 342 g/mol. The molecule has 25 heavy (non-hydrogen) atoms. The van der Waals surface area contributed by atoms with E-state index in [2.05, 4.69) is 15.4 Å². The van der Waals surface area contributed by atoms with Gasteiger partial charge in [-0.1, -0.05) is 0 Å². The maximum absolute atomic E-state index is 13.5. The molecule has 2 aromatic heterocycles. The van der Waals surface area contributed by atoms with Crippen molar-refractivity contribution in [3.63, 3.8) is 0 Å². The first kappa shape index (κ1) is 17.2. The van der Waals surface area contributed by atoms with Crippen molar-refractivity contribution in [1.82, 2.24) is 20.1 Å². The summed E-state index contributed by atoms with van der Waals surface area (Å²) in [5, 5.41) is 8.11. The zero-order valence-electron chi connectivity index (χ0n) is 15.0. The fourth-order valence-corrected chi connectivity index (χ4v) is 3.31. The summed E-state index contributed by atoms with van der Waals surface area (Å²) in [6.07, 6.45) is 0.985. The number of benzene rings is 1. The van der Waals surface area contributed by atoms with Gasteiger partial charge in [0.15, 0.2) is 0 Å². The molecule has 5 nitrogen and oxygen atoms in total. The van der Waals surface area contributed by atoms with Crippen molar-refractivity contribution >= 4 is 16.8 Å². The topological polar surface area (TPSA) is 62.7 Å². The first-order chi connectivity index (χ1) is 11.9. The standard InChI is InChI=1S/C19H23FN4O/c1-11-16(17-9-14(20)5-6-18(17)22-11)10-19(25)21-8-7-15-12(2)23-24(4)13(15)3/h5-6,9,22H,7-8,10H2,1-4H3,(H,21,25). The first-order valence-corrected chi connectivity index (χ1v) is 8.39. The van der Waals surface area contributed by atoms with Crippen LogP contribution < -0.4 is 5.32 Å². The molecule has 0 fully saturated rings. The van der Waals surface area contributed by atoms with Crippen LogP contribution in [0, 0.1) is 26.6 Å². The molecule has 0 aliphatic carbocycles. The van der Waals surface area contributed by atoms with Crippen LogP contribution in [0.15, 0.2) is 18.2 Å². The van der Waals surface area contributed by atoms with E-state index in [9.17, 15) is 9.18 Å². The Hall–Kier alpha value is -2.63. The lowest BCUT2D eigenvalue weighted by atomic mass is 10.1. The largest absolute Gasteiger partial charge is 0.358 e. The van der Waals surface area contributed by atoms with Crippen LogP contribution in [0.3, 0.4) is 0 Å². The van der Waals surface area contributed by atoms with Crippen molar-refractivity contribution in [2.24, 2.45) is 7.05 Å². The highest BCUT2D eigenvalue weighted by molar-refractivity contribution is 5.90. The molecule has 6 heteroatoms. The van der Waals surface area contributed by atoms with E-state index in [0.717, 1.165) is 40.0 Å². The molecule has 0 aliphatic rings. The Labute approximate surface area is 146 Å². The quantitative estimate of drug-likeness (QED) is 0.749. The number of hydrogen-bond acceptors (Lipinski definition) is 2. The summed E-state index contributed by atoms with van der Waals surface area (Å²) in [6.45, 7) is 6.47. The third kappa shape index (κ3) is 3.43. The van der Waals surface area contributed by atoms with E-state index in [1.165, 1.54) is 17.7 Å². The van der Waals surface area contributed by atoms with Gasteiger partial charge < -0.3 is 10.3 Å². The SMILES string of the molecule is Cc1nn(C)c(C)c1CCNC(=O)Cc1c(C)[nH]c2ccc(F)cc12. The Bertz CT molecular complexity index is 939. The molecule has 0 saturated carbocycles. The highest BCUT2D eigenvalue weighted by atomic mass is 19.1. The van der Waals surface area contributed by atoms with Crippen LogP contribution in [0.1, 0.15) is 28.2 Å². The van der Waals surface area contributed by atoms with Crippen molar-refractivity contribution in [1.29, 1.82) is 0 Å². The van der Waals surface area contributed by atoms with E-state index in [1.807, 2.05) is 32.5 Å². The lowest BCUT2D eigenvalue weighted by Gasteiger charge is -2.06. The van der Waals surface area contributed by atoms with Gasteiger partial charge in [0, 0.05) is 35.9 Å². The maximum atomic E-state index is 13.5. The molecular formula is C19H23FN4O. The Morgan fingerprint density at radius 3 is 2.72 bits per heavy atom. The van der Waals surface area contributed by atoms with Crippen LogP contribution >= 0.6 is 0 Å². The summed E-state index contributed by atoms with van der Waals surface area (Å²) in [4.78, 5) is 15.5. The van der Waals surface area contributed by atoms with Crippen LogP contribution in [0.2, 0.25) is 0 Å². The van der Waals surface area contributed by atoms with Crippen molar-refractivity contribution in [2.75, 3.05) is 6.54 Å². The number of halogens is 1. The van der Waals surface area contributed by atoms with Gasteiger partial charge in [-0.2, -0.15) is 5.10 Å². The zero-order chi connectivity index (χ0) is 18.1. The normalized spacial score (nSPS) is 11.2. The molecule has 0 atom stereocenters. The second-order valence-electron chi connectivity index (χ2n) is 6.47. The van der Waals surface area contributed by atoms with E-state index in [-0.39, 0.29) is 18.1 Å². The Balaban J connectivity index is 1.65. The molecule has 3 rings (SSSR count). The lowest BCUT2D eigenvalue weighted by Crippen LogP contribution is -2.27. The summed E-state index contributed by atoms with van der Waals surface area (Å²) in [5.41, 5.74) is 5.89. The highest BCUT2D eigenvalue weighted by Crippen LogP contribution is 2.23. The molecule has 0 aliphatic heterocycles. The minimum Gasteiger partial charge on any atom is -0.358 e. The summed E-state index contributed by atoms with van der Waals surface area (Å²) in [5.74, 6) is -0.358. The number of fused-ring (bicyclic) bond motifs is 1. The molecule has 0 spiro atoms. The number of carbonyl (C=O) groups is 1. The summed E-state index contributed by atoms with van der Waals surface area (Å²) >= 11 is 0. The molecule has 0 bridgehead atoms.